The van der Waals surface area contributed by atoms with Crippen molar-refractivity contribution in [3.63, 3.8) is 0 Å². The van der Waals surface area contributed by atoms with Gasteiger partial charge in [0.1, 0.15) is 0 Å². The molecule has 2 rings (SSSR count). The van der Waals surface area contributed by atoms with Crippen molar-refractivity contribution in [2.24, 2.45) is 5.92 Å². The second-order valence-corrected chi connectivity index (χ2v) is 5.09. The van der Waals surface area contributed by atoms with Crippen LogP contribution < -0.4 is 0 Å². The maximum absolute atomic E-state index is 12.5. The van der Waals surface area contributed by atoms with Crippen molar-refractivity contribution in [3.05, 3.63) is 18.2 Å². The largest absolute Gasteiger partial charge is 0.342 e. The molecule has 4 nitrogen and oxygen atoms in total. The number of nitrogens with zero attached hydrogens (tertiary/aromatic N) is 3. The molecule has 2 heterocycles. The Balaban J connectivity index is 2.01. The van der Waals surface area contributed by atoms with Crippen LogP contribution in [0.4, 0.5) is 0 Å². The van der Waals surface area contributed by atoms with Crippen LogP contribution >= 0.6 is 0 Å². The standard InChI is InChI=1S/C14H23N3O/c1-3-6-16(7-4-2)14(18)12-5-8-17-11-15-10-13(17)9-12/h10-12H,3-9H2,1-2H3. The van der Waals surface area contributed by atoms with Gasteiger partial charge in [-0.1, -0.05) is 13.8 Å². The van der Waals surface area contributed by atoms with E-state index in [2.05, 4.69) is 23.4 Å². The summed E-state index contributed by atoms with van der Waals surface area (Å²) in [5.74, 6) is 0.499. The number of aryl methyl sites for hydroxylation is 1. The molecule has 0 aliphatic carbocycles. The highest BCUT2D eigenvalue weighted by molar-refractivity contribution is 5.79. The summed E-state index contributed by atoms with van der Waals surface area (Å²) >= 11 is 0. The lowest BCUT2D eigenvalue weighted by atomic mass is 9.94. The van der Waals surface area contributed by atoms with Crippen molar-refractivity contribution >= 4 is 5.91 Å². The van der Waals surface area contributed by atoms with E-state index in [0.29, 0.717) is 5.91 Å². The van der Waals surface area contributed by atoms with E-state index in [1.54, 1.807) is 0 Å². The highest BCUT2D eigenvalue weighted by Gasteiger charge is 2.27. The quantitative estimate of drug-likeness (QED) is 0.801. The second kappa shape index (κ2) is 6.03. The van der Waals surface area contributed by atoms with Gasteiger partial charge >= 0.3 is 0 Å². The lowest BCUT2D eigenvalue weighted by Crippen LogP contribution is -2.40. The number of fused-ring (bicyclic) bond motifs is 1. The molecule has 0 radical (unpaired) electrons. The molecular formula is C14H23N3O. The Labute approximate surface area is 109 Å². The van der Waals surface area contributed by atoms with Crippen LogP contribution in [0.25, 0.3) is 0 Å². The molecule has 1 atom stereocenters. The number of carbonyl (C=O) groups excluding carboxylic acids is 1. The molecule has 1 unspecified atom stereocenters. The fourth-order valence-electron chi connectivity index (χ4n) is 2.71. The Bertz CT molecular complexity index is 393. The van der Waals surface area contributed by atoms with Crippen LogP contribution in [0.2, 0.25) is 0 Å². The molecule has 18 heavy (non-hydrogen) atoms. The predicted molar refractivity (Wildman–Crippen MR) is 71.2 cm³/mol. The van der Waals surface area contributed by atoms with Gasteiger partial charge in [0.15, 0.2) is 0 Å². The second-order valence-electron chi connectivity index (χ2n) is 5.09. The Morgan fingerprint density at radius 2 is 2.17 bits per heavy atom. The SMILES string of the molecule is CCCN(CCC)C(=O)C1CCn2cncc2C1. The Hall–Kier alpha value is -1.32. The first kappa shape index (κ1) is 13.1. The van der Waals surface area contributed by atoms with Crippen molar-refractivity contribution in [2.75, 3.05) is 13.1 Å². The third kappa shape index (κ3) is 2.74. The van der Waals surface area contributed by atoms with Gasteiger partial charge in [-0.05, 0) is 19.3 Å². The summed E-state index contributed by atoms with van der Waals surface area (Å²) in [7, 11) is 0. The number of amides is 1. The molecule has 0 bridgehead atoms. The van der Waals surface area contributed by atoms with Gasteiger partial charge in [0.25, 0.3) is 0 Å². The van der Waals surface area contributed by atoms with E-state index >= 15 is 0 Å². The van der Waals surface area contributed by atoms with Crippen molar-refractivity contribution in [1.82, 2.24) is 14.5 Å². The van der Waals surface area contributed by atoms with E-state index in [9.17, 15) is 4.79 Å². The highest BCUT2D eigenvalue weighted by Crippen LogP contribution is 2.22. The molecule has 100 valence electrons. The molecular weight excluding hydrogens is 226 g/mol. The molecule has 0 spiro atoms. The number of hydrogen-bond donors (Lipinski definition) is 0. The zero-order valence-corrected chi connectivity index (χ0v) is 11.4. The lowest BCUT2D eigenvalue weighted by molar-refractivity contribution is -0.136. The smallest absolute Gasteiger partial charge is 0.226 e. The first-order valence-corrected chi connectivity index (χ1v) is 7.04. The molecule has 1 amide bonds. The van der Waals surface area contributed by atoms with Crippen LogP contribution in [-0.2, 0) is 17.8 Å². The molecule has 0 saturated carbocycles. The number of rotatable bonds is 5. The molecule has 4 heteroatoms. The molecule has 0 N–H and O–H groups in total. The summed E-state index contributed by atoms with van der Waals surface area (Å²) in [5, 5.41) is 0. The number of aromatic nitrogens is 2. The van der Waals surface area contributed by atoms with Gasteiger partial charge in [0.2, 0.25) is 5.91 Å². The summed E-state index contributed by atoms with van der Waals surface area (Å²) in [6.07, 6.45) is 7.64. The Kier molecular flexibility index (Phi) is 4.39. The molecule has 0 fully saturated rings. The van der Waals surface area contributed by atoms with E-state index in [0.717, 1.165) is 45.3 Å². The summed E-state index contributed by atoms with van der Waals surface area (Å²) in [6, 6.07) is 0. The van der Waals surface area contributed by atoms with Crippen LogP contribution in [0.3, 0.4) is 0 Å². The topological polar surface area (TPSA) is 38.1 Å². The van der Waals surface area contributed by atoms with Gasteiger partial charge in [0, 0.05) is 43.9 Å². The number of carbonyl (C=O) groups is 1. The maximum Gasteiger partial charge on any atom is 0.226 e. The van der Waals surface area contributed by atoms with Crippen LogP contribution in [0.5, 0.6) is 0 Å². The first-order chi connectivity index (χ1) is 8.76. The number of imidazole rings is 1. The zero-order chi connectivity index (χ0) is 13.0. The van der Waals surface area contributed by atoms with E-state index in [-0.39, 0.29) is 5.92 Å². The Morgan fingerprint density at radius 3 is 2.83 bits per heavy atom. The normalized spacial score (nSPS) is 18.4. The van der Waals surface area contributed by atoms with Crippen LogP contribution in [0.15, 0.2) is 12.5 Å². The highest BCUT2D eigenvalue weighted by atomic mass is 16.2. The van der Waals surface area contributed by atoms with Gasteiger partial charge < -0.3 is 9.47 Å². The molecule has 1 aliphatic heterocycles. The fraction of sp³-hybridized carbons (Fsp3) is 0.714. The van der Waals surface area contributed by atoms with Gasteiger partial charge in [-0.3, -0.25) is 4.79 Å². The van der Waals surface area contributed by atoms with E-state index in [1.165, 1.54) is 5.69 Å². The predicted octanol–water partition coefficient (Wildman–Crippen LogP) is 2.09. The van der Waals surface area contributed by atoms with Gasteiger partial charge in [0.05, 0.1) is 6.33 Å². The van der Waals surface area contributed by atoms with Crippen LogP contribution in [-0.4, -0.2) is 33.4 Å². The summed E-state index contributed by atoms with van der Waals surface area (Å²) in [4.78, 5) is 18.7. The van der Waals surface area contributed by atoms with Crippen molar-refractivity contribution in [2.45, 2.75) is 46.1 Å². The van der Waals surface area contributed by atoms with E-state index in [1.807, 2.05) is 17.4 Å². The minimum Gasteiger partial charge on any atom is -0.342 e. The molecule has 0 saturated heterocycles. The third-order valence-electron chi connectivity index (χ3n) is 3.62. The van der Waals surface area contributed by atoms with Crippen LogP contribution in [0, 0.1) is 5.92 Å². The average Bonchev–Trinajstić information content (AvgIpc) is 2.84. The molecule has 0 aromatic carbocycles. The summed E-state index contributed by atoms with van der Waals surface area (Å²) in [5.41, 5.74) is 1.20. The zero-order valence-electron chi connectivity index (χ0n) is 11.4. The molecule has 1 aliphatic rings. The van der Waals surface area contributed by atoms with Crippen molar-refractivity contribution < 1.29 is 4.79 Å². The van der Waals surface area contributed by atoms with Crippen molar-refractivity contribution in [3.8, 4) is 0 Å². The van der Waals surface area contributed by atoms with E-state index in [4.69, 9.17) is 0 Å². The summed E-state index contributed by atoms with van der Waals surface area (Å²) < 4.78 is 2.16. The fourth-order valence-corrected chi connectivity index (χ4v) is 2.71. The minimum atomic E-state index is 0.160. The van der Waals surface area contributed by atoms with Gasteiger partial charge in [-0.25, -0.2) is 4.98 Å². The molecule has 1 aromatic rings. The third-order valence-corrected chi connectivity index (χ3v) is 3.62. The Morgan fingerprint density at radius 1 is 1.44 bits per heavy atom. The van der Waals surface area contributed by atoms with Gasteiger partial charge in [-0.15, -0.1) is 0 Å². The maximum atomic E-state index is 12.5. The van der Waals surface area contributed by atoms with E-state index < -0.39 is 0 Å². The van der Waals surface area contributed by atoms with Crippen molar-refractivity contribution in [1.29, 1.82) is 0 Å². The monoisotopic (exact) mass is 249 g/mol. The average molecular weight is 249 g/mol. The number of hydrogen-bond acceptors (Lipinski definition) is 2. The first-order valence-electron chi connectivity index (χ1n) is 7.04. The lowest BCUT2D eigenvalue weighted by Gasteiger charge is -2.29. The van der Waals surface area contributed by atoms with Crippen LogP contribution in [0.1, 0.15) is 38.8 Å². The minimum absolute atomic E-state index is 0.160. The van der Waals surface area contributed by atoms with Gasteiger partial charge in [-0.2, -0.15) is 0 Å². The summed E-state index contributed by atoms with van der Waals surface area (Å²) in [6.45, 7) is 6.97. The molecule has 1 aromatic heterocycles.